The third-order valence-electron chi connectivity index (χ3n) is 2.83. The smallest absolute Gasteiger partial charge is 0.408 e. The van der Waals surface area contributed by atoms with Crippen LogP contribution in [0.3, 0.4) is 0 Å². The second-order valence-corrected chi connectivity index (χ2v) is 4.25. The van der Waals surface area contributed by atoms with E-state index in [2.05, 4.69) is 16.6 Å². The number of alkyl carbamates (subject to hydrolysis) is 1. The number of carbonyl (C=O) groups is 2. The topological polar surface area (TPSA) is 94.1 Å². The van der Waals surface area contributed by atoms with E-state index in [1.54, 1.807) is 24.3 Å². The van der Waals surface area contributed by atoms with E-state index in [1.807, 2.05) is 0 Å². The number of aliphatic hydroxyl groups is 1. The van der Waals surface area contributed by atoms with Gasteiger partial charge in [-0.25, -0.2) is 9.59 Å². The molecule has 0 aliphatic rings. The summed E-state index contributed by atoms with van der Waals surface area (Å²) in [5, 5.41) is 12.6. The molecule has 0 saturated carbocycles. The molecular weight excluding hydrogens is 290 g/mol. The van der Waals surface area contributed by atoms with Crippen molar-refractivity contribution < 1.29 is 28.9 Å². The van der Waals surface area contributed by atoms with Gasteiger partial charge in [0, 0.05) is 0 Å². The molecule has 1 aromatic rings. The van der Waals surface area contributed by atoms with Crippen molar-refractivity contribution >= 4 is 12.1 Å². The summed E-state index contributed by atoms with van der Waals surface area (Å²) in [6.45, 7) is 3.39. The summed E-state index contributed by atoms with van der Waals surface area (Å²) in [5.74, 6) is -0.192. The molecule has 120 valence electrons. The first-order valence-corrected chi connectivity index (χ1v) is 6.47. The van der Waals surface area contributed by atoms with Gasteiger partial charge in [0.25, 0.3) is 0 Å². The molecule has 1 aromatic carbocycles. The lowest BCUT2D eigenvalue weighted by molar-refractivity contribution is -0.146. The van der Waals surface area contributed by atoms with Crippen molar-refractivity contribution in [3.05, 3.63) is 42.5 Å². The van der Waals surface area contributed by atoms with Crippen LogP contribution < -0.4 is 10.1 Å². The minimum Gasteiger partial charge on any atom is -0.497 e. The van der Waals surface area contributed by atoms with Crippen LogP contribution in [-0.2, 0) is 14.3 Å². The molecule has 1 amide bonds. The monoisotopic (exact) mass is 309 g/mol. The molecule has 0 fully saturated rings. The van der Waals surface area contributed by atoms with Crippen molar-refractivity contribution in [1.82, 2.24) is 5.32 Å². The summed E-state index contributed by atoms with van der Waals surface area (Å²) in [7, 11) is 2.67. The largest absolute Gasteiger partial charge is 0.497 e. The van der Waals surface area contributed by atoms with Gasteiger partial charge in [0.1, 0.15) is 18.5 Å². The van der Waals surface area contributed by atoms with E-state index in [-0.39, 0.29) is 6.61 Å². The molecule has 2 atom stereocenters. The van der Waals surface area contributed by atoms with Crippen molar-refractivity contribution in [3.63, 3.8) is 0 Å². The molecule has 7 nitrogen and oxygen atoms in total. The maximum Gasteiger partial charge on any atom is 0.408 e. The van der Waals surface area contributed by atoms with E-state index < -0.39 is 24.2 Å². The molecule has 1 rings (SSSR count). The highest BCUT2D eigenvalue weighted by Crippen LogP contribution is 2.21. The van der Waals surface area contributed by atoms with Gasteiger partial charge in [0.05, 0.1) is 14.2 Å². The van der Waals surface area contributed by atoms with Crippen molar-refractivity contribution in [3.8, 4) is 5.75 Å². The van der Waals surface area contributed by atoms with Gasteiger partial charge in [-0.15, -0.1) is 0 Å². The summed E-state index contributed by atoms with van der Waals surface area (Å²) >= 11 is 0. The summed E-state index contributed by atoms with van der Waals surface area (Å²) in [6, 6.07) is 5.12. The minimum atomic E-state index is -1.30. The Kier molecular flexibility index (Phi) is 6.91. The second-order valence-electron chi connectivity index (χ2n) is 4.25. The summed E-state index contributed by atoms with van der Waals surface area (Å²) < 4.78 is 14.3. The van der Waals surface area contributed by atoms with Gasteiger partial charge in [-0.1, -0.05) is 24.8 Å². The maximum atomic E-state index is 11.8. The molecule has 0 saturated heterocycles. The lowest BCUT2D eigenvalue weighted by Crippen LogP contribution is -2.45. The number of nitrogens with one attached hydrogen (secondary N) is 1. The normalized spacial score (nSPS) is 12.7. The third-order valence-corrected chi connectivity index (χ3v) is 2.83. The number of ether oxygens (including phenoxy) is 3. The Morgan fingerprint density at radius 3 is 2.45 bits per heavy atom. The number of amides is 1. The quantitative estimate of drug-likeness (QED) is 0.580. The van der Waals surface area contributed by atoms with Gasteiger partial charge >= 0.3 is 12.1 Å². The Labute approximate surface area is 128 Å². The molecule has 0 radical (unpaired) electrons. The SMILES string of the molecule is C=CCOC(=O)NC(C(=O)OC)C(O)c1ccc(OC)cc1. The van der Waals surface area contributed by atoms with Crippen LogP contribution in [0, 0.1) is 0 Å². The summed E-state index contributed by atoms with van der Waals surface area (Å²) in [5.41, 5.74) is 0.417. The number of hydrogen-bond acceptors (Lipinski definition) is 6. The van der Waals surface area contributed by atoms with Crippen LogP contribution in [0.5, 0.6) is 5.75 Å². The van der Waals surface area contributed by atoms with E-state index in [0.29, 0.717) is 11.3 Å². The number of carbonyl (C=O) groups excluding carboxylic acids is 2. The van der Waals surface area contributed by atoms with Crippen molar-refractivity contribution in [2.24, 2.45) is 0 Å². The van der Waals surface area contributed by atoms with Crippen LogP contribution in [0.1, 0.15) is 11.7 Å². The molecule has 2 N–H and O–H groups in total. The first kappa shape index (κ1) is 17.5. The standard InChI is InChI=1S/C15H19NO6/c1-4-9-22-15(19)16-12(14(18)21-3)13(17)10-5-7-11(20-2)8-6-10/h4-8,12-13,17H,1,9H2,2-3H3,(H,16,19). The van der Waals surface area contributed by atoms with Crippen LogP contribution >= 0.6 is 0 Å². The molecule has 7 heteroatoms. The number of methoxy groups -OCH3 is 2. The highest BCUT2D eigenvalue weighted by molar-refractivity contribution is 5.82. The fourth-order valence-corrected chi connectivity index (χ4v) is 1.69. The van der Waals surface area contributed by atoms with Crippen molar-refractivity contribution in [1.29, 1.82) is 0 Å². The Bertz CT molecular complexity index is 513. The average molecular weight is 309 g/mol. The van der Waals surface area contributed by atoms with Crippen LogP contribution in [0.2, 0.25) is 0 Å². The fourth-order valence-electron chi connectivity index (χ4n) is 1.69. The number of hydrogen-bond donors (Lipinski definition) is 2. The zero-order chi connectivity index (χ0) is 16.5. The van der Waals surface area contributed by atoms with E-state index in [9.17, 15) is 14.7 Å². The van der Waals surface area contributed by atoms with E-state index in [4.69, 9.17) is 9.47 Å². The lowest BCUT2D eigenvalue weighted by Gasteiger charge is -2.22. The predicted molar refractivity (Wildman–Crippen MR) is 78.4 cm³/mol. The summed E-state index contributed by atoms with van der Waals surface area (Å²) in [6.07, 6.45) is -0.774. The lowest BCUT2D eigenvalue weighted by atomic mass is 10.0. The van der Waals surface area contributed by atoms with E-state index in [1.165, 1.54) is 13.2 Å². The van der Waals surface area contributed by atoms with Gasteiger partial charge in [0.15, 0.2) is 6.04 Å². The summed E-state index contributed by atoms with van der Waals surface area (Å²) in [4.78, 5) is 23.3. The molecule has 0 bridgehead atoms. The minimum absolute atomic E-state index is 0.0155. The Balaban J connectivity index is 2.87. The van der Waals surface area contributed by atoms with Gasteiger partial charge < -0.3 is 24.6 Å². The predicted octanol–water partition coefficient (Wildman–Crippen LogP) is 1.18. The Morgan fingerprint density at radius 2 is 1.95 bits per heavy atom. The maximum absolute atomic E-state index is 11.8. The van der Waals surface area contributed by atoms with Gasteiger partial charge in [-0.05, 0) is 17.7 Å². The highest BCUT2D eigenvalue weighted by atomic mass is 16.6. The zero-order valence-electron chi connectivity index (χ0n) is 12.4. The molecule has 0 heterocycles. The molecular formula is C15H19NO6. The first-order chi connectivity index (χ1) is 10.5. The van der Waals surface area contributed by atoms with Crippen LogP contribution in [0.25, 0.3) is 0 Å². The third kappa shape index (κ3) is 4.78. The first-order valence-electron chi connectivity index (χ1n) is 6.47. The van der Waals surface area contributed by atoms with Crippen LogP contribution in [-0.4, -0.2) is 44.0 Å². The Morgan fingerprint density at radius 1 is 1.32 bits per heavy atom. The fraction of sp³-hybridized carbons (Fsp3) is 0.333. The van der Waals surface area contributed by atoms with E-state index >= 15 is 0 Å². The Hall–Kier alpha value is -2.54. The van der Waals surface area contributed by atoms with Crippen molar-refractivity contribution in [2.45, 2.75) is 12.1 Å². The second kappa shape index (κ2) is 8.68. The number of aliphatic hydroxyl groups excluding tert-OH is 1. The molecule has 0 aromatic heterocycles. The molecule has 0 aliphatic heterocycles. The van der Waals surface area contributed by atoms with Gasteiger partial charge in [0.2, 0.25) is 0 Å². The average Bonchev–Trinajstić information content (AvgIpc) is 2.56. The number of esters is 1. The number of benzene rings is 1. The number of rotatable bonds is 7. The highest BCUT2D eigenvalue weighted by Gasteiger charge is 2.31. The molecule has 0 aliphatic carbocycles. The van der Waals surface area contributed by atoms with E-state index in [0.717, 1.165) is 7.11 Å². The van der Waals surface area contributed by atoms with Crippen LogP contribution in [0.15, 0.2) is 36.9 Å². The molecule has 22 heavy (non-hydrogen) atoms. The molecule has 2 unspecified atom stereocenters. The van der Waals surface area contributed by atoms with Crippen LogP contribution in [0.4, 0.5) is 4.79 Å². The van der Waals surface area contributed by atoms with Crippen molar-refractivity contribution in [2.75, 3.05) is 20.8 Å². The zero-order valence-corrected chi connectivity index (χ0v) is 12.4. The molecule has 0 spiro atoms. The van der Waals surface area contributed by atoms with Gasteiger partial charge in [-0.3, -0.25) is 0 Å². The van der Waals surface area contributed by atoms with Gasteiger partial charge in [-0.2, -0.15) is 0 Å².